The lowest BCUT2D eigenvalue weighted by Crippen LogP contribution is -2.77. The number of rotatable bonds is 1. The van der Waals surface area contributed by atoms with Crippen LogP contribution in [0.3, 0.4) is 0 Å². The van der Waals surface area contributed by atoms with E-state index in [1.807, 2.05) is 6.08 Å². The van der Waals surface area contributed by atoms with Crippen molar-refractivity contribution >= 4 is 17.7 Å². The highest BCUT2D eigenvalue weighted by Gasteiger charge is 2.59. The van der Waals surface area contributed by atoms with E-state index >= 15 is 0 Å². The number of hydrogen-bond acceptors (Lipinski definition) is 4. The molecule has 0 aromatic heterocycles. The number of nitrogens with two attached hydrogens (primary N) is 1. The van der Waals surface area contributed by atoms with E-state index in [4.69, 9.17) is 10.5 Å². The third-order valence-corrected chi connectivity index (χ3v) is 3.42. The smallest absolute Gasteiger partial charge is 0.278 e. The van der Waals surface area contributed by atoms with Gasteiger partial charge in [0.1, 0.15) is 5.37 Å². The number of thioether (sulfide) groups is 1. The second kappa shape index (κ2) is 2.48. The summed E-state index contributed by atoms with van der Waals surface area (Å²) in [5.74, 6) is 0.731. The van der Waals surface area contributed by atoms with Crippen LogP contribution in [0.15, 0.2) is 12.3 Å². The largest absolute Gasteiger partial charge is 0.353 e. The van der Waals surface area contributed by atoms with Crippen LogP contribution in [0.5, 0.6) is 0 Å². The van der Waals surface area contributed by atoms with Gasteiger partial charge < -0.3 is 4.74 Å². The van der Waals surface area contributed by atoms with Crippen molar-refractivity contribution in [3.8, 4) is 0 Å². The number of methoxy groups -OCH3 is 1. The lowest BCUT2D eigenvalue weighted by Gasteiger charge is -2.51. The predicted molar refractivity (Wildman–Crippen MR) is 46.2 cm³/mol. The molecule has 1 unspecified atom stereocenters. The number of carbonyl (C=O) groups is 1. The molecule has 4 nitrogen and oxygen atoms in total. The Labute approximate surface area is 74.7 Å². The molecule has 0 aromatic rings. The maximum atomic E-state index is 11.4. The highest BCUT2D eigenvalue weighted by molar-refractivity contribution is 8.00. The quantitative estimate of drug-likeness (QED) is 0.452. The third kappa shape index (κ3) is 0.784. The summed E-state index contributed by atoms with van der Waals surface area (Å²) in [6.07, 6.45) is 3.71. The van der Waals surface area contributed by atoms with Crippen LogP contribution in [0.2, 0.25) is 0 Å². The monoisotopic (exact) mass is 186 g/mol. The van der Waals surface area contributed by atoms with E-state index in [-0.39, 0.29) is 11.3 Å². The fraction of sp³-hybridized carbons (Fsp3) is 0.571. The molecule has 66 valence electrons. The van der Waals surface area contributed by atoms with E-state index in [0.29, 0.717) is 0 Å². The molecule has 0 bridgehead atoms. The Morgan fingerprint density at radius 2 is 2.67 bits per heavy atom. The molecule has 0 spiro atoms. The van der Waals surface area contributed by atoms with Crippen LogP contribution in [0, 0.1) is 0 Å². The maximum absolute atomic E-state index is 11.4. The molecule has 0 aromatic carbocycles. The van der Waals surface area contributed by atoms with Crippen molar-refractivity contribution in [1.82, 2.24) is 4.90 Å². The van der Waals surface area contributed by atoms with Crippen molar-refractivity contribution in [3.05, 3.63) is 12.3 Å². The summed E-state index contributed by atoms with van der Waals surface area (Å²) in [4.78, 5) is 13.0. The van der Waals surface area contributed by atoms with Crippen LogP contribution in [0.1, 0.15) is 0 Å². The molecule has 2 atom stereocenters. The van der Waals surface area contributed by atoms with E-state index in [2.05, 4.69) is 0 Å². The second-order valence-corrected chi connectivity index (χ2v) is 3.89. The Morgan fingerprint density at radius 1 is 1.92 bits per heavy atom. The normalized spacial score (nSPS) is 39.3. The lowest BCUT2D eigenvalue weighted by atomic mass is 10.0. The highest BCUT2D eigenvalue weighted by atomic mass is 32.2. The number of ether oxygens (including phenoxy) is 1. The van der Waals surface area contributed by atoms with Crippen molar-refractivity contribution in [2.24, 2.45) is 5.73 Å². The molecule has 1 fully saturated rings. The van der Waals surface area contributed by atoms with E-state index in [1.165, 1.54) is 7.11 Å². The van der Waals surface area contributed by atoms with Crippen LogP contribution in [0.25, 0.3) is 0 Å². The van der Waals surface area contributed by atoms with E-state index in [1.54, 1.807) is 22.9 Å². The zero-order valence-electron chi connectivity index (χ0n) is 6.69. The molecular formula is C7H10N2O2S. The zero-order chi connectivity index (χ0) is 8.77. The van der Waals surface area contributed by atoms with Gasteiger partial charge in [0.05, 0.1) is 0 Å². The summed E-state index contributed by atoms with van der Waals surface area (Å²) < 4.78 is 4.99. The van der Waals surface area contributed by atoms with Gasteiger partial charge in [-0.2, -0.15) is 0 Å². The zero-order valence-corrected chi connectivity index (χ0v) is 7.50. The van der Waals surface area contributed by atoms with E-state index in [9.17, 15) is 4.79 Å². The van der Waals surface area contributed by atoms with Crippen LogP contribution in [0.4, 0.5) is 0 Å². The molecular weight excluding hydrogens is 176 g/mol. The Balaban J connectivity index is 2.24. The van der Waals surface area contributed by atoms with Gasteiger partial charge in [-0.3, -0.25) is 15.4 Å². The van der Waals surface area contributed by atoms with Crippen LogP contribution in [-0.4, -0.2) is 34.8 Å². The fourth-order valence-electron chi connectivity index (χ4n) is 1.40. The first-order chi connectivity index (χ1) is 5.70. The fourth-order valence-corrected chi connectivity index (χ4v) is 2.55. The number of fused-ring (bicyclic) bond motifs is 1. The average molecular weight is 186 g/mol. The van der Waals surface area contributed by atoms with Crippen molar-refractivity contribution < 1.29 is 9.53 Å². The van der Waals surface area contributed by atoms with Gasteiger partial charge in [-0.15, -0.1) is 11.8 Å². The van der Waals surface area contributed by atoms with Gasteiger partial charge in [0, 0.05) is 19.1 Å². The minimum Gasteiger partial charge on any atom is -0.353 e. The molecule has 1 amide bonds. The van der Waals surface area contributed by atoms with E-state index < -0.39 is 5.72 Å². The van der Waals surface area contributed by atoms with Crippen molar-refractivity contribution in [3.63, 3.8) is 0 Å². The summed E-state index contributed by atoms with van der Waals surface area (Å²) in [6.45, 7) is 0. The summed E-state index contributed by atoms with van der Waals surface area (Å²) in [5.41, 5.74) is 4.64. The van der Waals surface area contributed by atoms with Crippen molar-refractivity contribution in [2.45, 2.75) is 11.1 Å². The van der Waals surface area contributed by atoms with Gasteiger partial charge in [0.25, 0.3) is 5.91 Å². The van der Waals surface area contributed by atoms with Gasteiger partial charge in [0.15, 0.2) is 0 Å². The lowest BCUT2D eigenvalue weighted by molar-refractivity contribution is -0.178. The van der Waals surface area contributed by atoms with Gasteiger partial charge in [-0.25, -0.2) is 0 Å². The molecule has 12 heavy (non-hydrogen) atoms. The average Bonchev–Trinajstić information content (AvgIpc) is 2.16. The Hall–Kier alpha value is -0.520. The van der Waals surface area contributed by atoms with Crippen molar-refractivity contribution in [1.29, 1.82) is 0 Å². The molecule has 2 heterocycles. The Kier molecular flexibility index (Phi) is 1.67. The minimum absolute atomic E-state index is 0.0417. The Morgan fingerprint density at radius 3 is 3.33 bits per heavy atom. The number of hydrogen-bond donors (Lipinski definition) is 1. The topological polar surface area (TPSA) is 55.6 Å². The molecule has 5 heteroatoms. The summed E-state index contributed by atoms with van der Waals surface area (Å²) >= 11 is 1.62. The SMILES string of the molecule is COC1(N)C(=O)N2C=CCS[C@@H]21. The number of nitrogens with zero attached hydrogens (tertiary/aromatic N) is 1. The molecule has 1 saturated heterocycles. The van der Waals surface area contributed by atoms with E-state index in [0.717, 1.165) is 5.75 Å². The third-order valence-electron chi connectivity index (χ3n) is 2.14. The number of carbonyl (C=O) groups excluding carboxylic acids is 1. The van der Waals surface area contributed by atoms with Gasteiger partial charge in [-0.1, -0.05) is 6.08 Å². The highest BCUT2D eigenvalue weighted by Crippen LogP contribution is 2.39. The summed E-state index contributed by atoms with van der Waals surface area (Å²) in [5, 5.41) is -0.0417. The Bertz CT molecular complexity index is 256. The van der Waals surface area contributed by atoms with Crippen LogP contribution < -0.4 is 5.73 Å². The summed E-state index contributed by atoms with van der Waals surface area (Å²) in [6, 6.07) is 0. The first-order valence-corrected chi connectivity index (χ1v) is 4.70. The summed E-state index contributed by atoms with van der Waals surface area (Å²) in [7, 11) is 1.47. The standard InChI is InChI=1S/C7H10N2O2S/c1-11-7(8)5(10)9-3-2-4-12-6(7)9/h2-3,6H,4,8H2,1H3/t6-,7?/m1/s1. The molecule has 0 saturated carbocycles. The maximum Gasteiger partial charge on any atom is 0.278 e. The molecule has 0 radical (unpaired) electrons. The second-order valence-electron chi connectivity index (χ2n) is 2.78. The first kappa shape index (κ1) is 8.10. The number of amides is 1. The number of β-lactam (4-membered cyclic amide) rings is 1. The molecule has 2 rings (SSSR count). The molecule has 2 N–H and O–H groups in total. The first-order valence-electron chi connectivity index (χ1n) is 3.65. The van der Waals surface area contributed by atoms with Gasteiger partial charge in [-0.05, 0) is 0 Å². The van der Waals surface area contributed by atoms with Crippen LogP contribution >= 0.6 is 11.8 Å². The van der Waals surface area contributed by atoms with Gasteiger partial charge >= 0.3 is 0 Å². The van der Waals surface area contributed by atoms with Gasteiger partial charge in [0.2, 0.25) is 5.72 Å². The van der Waals surface area contributed by atoms with Crippen molar-refractivity contribution in [2.75, 3.05) is 12.9 Å². The molecule has 2 aliphatic rings. The minimum atomic E-state index is -1.09. The molecule has 0 aliphatic carbocycles. The van der Waals surface area contributed by atoms with Crippen LogP contribution in [-0.2, 0) is 9.53 Å². The molecule has 2 aliphatic heterocycles. The predicted octanol–water partition coefficient (Wildman–Crippen LogP) is -0.283.